The lowest BCUT2D eigenvalue weighted by atomic mass is 10.1. The normalized spacial score (nSPS) is 22.3. The molecule has 7 nitrogen and oxygen atoms in total. The highest BCUT2D eigenvalue weighted by Crippen LogP contribution is 2.15. The lowest BCUT2D eigenvalue weighted by molar-refractivity contribution is 0.0529. The van der Waals surface area contributed by atoms with Crippen LogP contribution in [0.4, 0.5) is 5.82 Å². The van der Waals surface area contributed by atoms with E-state index in [1.54, 1.807) is 0 Å². The molecule has 0 saturated carbocycles. The van der Waals surface area contributed by atoms with Crippen LogP contribution in [0.25, 0.3) is 0 Å². The van der Waals surface area contributed by atoms with Crippen molar-refractivity contribution in [2.75, 3.05) is 51.3 Å². The minimum absolute atomic E-state index is 0.264. The first-order valence-corrected chi connectivity index (χ1v) is 10.7. The molecule has 2 aliphatic heterocycles. The van der Waals surface area contributed by atoms with E-state index in [2.05, 4.69) is 56.4 Å². The number of guanidine groups is 1. The summed E-state index contributed by atoms with van der Waals surface area (Å²) in [5.74, 6) is 1.90. The number of aliphatic imine (C=N–C) groups is 1. The molecule has 0 bridgehead atoms. The quantitative estimate of drug-likeness (QED) is 0.573. The van der Waals surface area contributed by atoms with Gasteiger partial charge in [-0.15, -0.1) is 0 Å². The van der Waals surface area contributed by atoms with Gasteiger partial charge < -0.3 is 25.2 Å². The summed E-state index contributed by atoms with van der Waals surface area (Å²) in [6.07, 6.45) is 5.81. The summed E-state index contributed by atoms with van der Waals surface area (Å²) < 4.78 is 5.61. The Bertz CT molecular complexity index is 612. The van der Waals surface area contributed by atoms with Gasteiger partial charge in [0.15, 0.2) is 5.96 Å². The Labute approximate surface area is 169 Å². The predicted molar refractivity (Wildman–Crippen MR) is 115 cm³/mol. The van der Waals surface area contributed by atoms with Crippen molar-refractivity contribution in [3.63, 3.8) is 0 Å². The van der Waals surface area contributed by atoms with E-state index in [0.717, 1.165) is 43.6 Å². The first kappa shape index (κ1) is 20.9. The number of piperidine rings is 1. The maximum absolute atomic E-state index is 5.61. The molecule has 0 spiro atoms. The molecule has 28 heavy (non-hydrogen) atoms. The summed E-state index contributed by atoms with van der Waals surface area (Å²) in [6, 6.07) is 4.75. The summed E-state index contributed by atoms with van der Waals surface area (Å²) in [6.45, 7) is 11.2. The van der Waals surface area contributed by atoms with E-state index < -0.39 is 0 Å². The maximum Gasteiger partial charge on any atom is 0.191 e. The summed E-state index contributed by atoms with van der Waals surface area (Å²) >= 11 is 0. The van der Waals surface area contributed by atoms with E-state index >= 15 is 0 Å². The highest BCUT2D eigenvalue weighted by Gasteiger charge is 2.20. The smallest absolute Gasteiger partial charge is 0.191 e. The first-order valence-electron chi connectivity index (χ1n) is 10.7. The highest BCUT2D eigenvalue weighted by atomic mass is 16.5. The Hall–Kier alpha value is -1.86. The molecule has 1 atom stereocenters. The van der Waals surface area contributed by atoms with Crippen molar-refractivity contribution < 1.29 is 4.74 Å². The number of nitrogens with zero attached hydrogens (tertiary/aromatic N) is 4. The number of morpholine rings is 1. The van der Waals surface area contributed by atoms with Crippen LogP contribution in [-0.4, -0.2) is 74.4 Å². The average molecular weight is 389 g/mol. The number of rotatable bonds is 6. The molecular weight excluding hydrogens is 352 g/mol. The SMILES string of the molecule is CCCN1CCC(NC(=NC)NCc2ccc(N3CCOC(C)C3)nc2)CC1. The Morgan fingerprint density at radius 3 is 2.75 bits per heavy atom. The molecule has 1 aromatic heterocycles. The van der Waals surface area contributed by atoms with Gasteiger partial charge in [0.05, 0.1) is 12.7 Å². The summed E-state index contributed by atoms with van der Waals surface area (Å²) in [7, 11) is 1.84. The van der Waals surface area contributed by atoms with E-state index in [0.29, 0.717) is 6.04 Å². The van der Waals surface area contributed by atoms with Crippen LogP contribution < -0.4 is 15.5 Å². The van der Waals surface area contributed by atoms with Gasteiger partial charge in [0.25, 0.3) is 0 Å². The highest BCUT2D eigenvalue weighted by molar-refractivity contribution is 5.79. The van der Waals surface area contributed by atoms with E-state index in [1.165, 1.54) is 38.9 Å². The molecule has 0 amide bonds. The number of ether oxygens (including phenoxy) is 1. The van der Waals surface area contributed by atoms with Crippen LogP contribution in [0.2, 0.25) is 0 Å². The van der Waals surface area contributed by atoms with Crippen LogP contribution in [0.1, 0.15) is 38.7 Å². The van der Waals surface area contributed by atoms with Crippen LogP contribution in [0.5, 0.6) is 0 Å². The molecule has 156 valence electrons. The zero-order chi connectivity index (χ0) is 19.8. The molecule has 1 unspecified atom stereocenters. The third kappa shape index (κ3) is 6.07. The molecule has 1 aromatic rings. The van der Waals surface area contributed by atoms with Crippen molar-refractivity contribution in [1.29, 1.82) is 0 Å². The van der Waals surface area contributed by atoms with Gasteiger partial charge in [-0.2, -0.15) is 0 Å². The van der Waals surface area contributed by atoms with Gasteiger partial charge in [0.1, 0.15) is 5.82 Å². The van der Waals surface area contributed by atoms with Crippen molar-refractivity contribution in [3.8, 4) is 0 Å². The number of aromatic nitrogens is 1. The molecular formula is C21H36N6O. The molecule has 3 rings (SSSR count). The lowest BCUT2D eigenvalue weighted by Gasteiger charge is -2.33. The number of nitrogens with one attached hydrogen (secondary N) is 2. The molecule has 0 aliphatic carbocycles. The fourth-order valence-electron chi connectivity index (χ4n) is 3.93. The fourth-order valence-corrected chi connectivity index (χ4v) is 3.93. The molecule has 2 fully saturated rings. The van der Waals surface area contributed by atoms with Crippen molar-refractivity contribution in [2.24, 2.45) is 4.99 Å². The zero-order valence-corrected chi connectivity index (χ0v) is 17.7. The van der Waals surface area contributed by atoms with Gasteiger partial charge in [-0.1, -0.05) is 13.0 Å². The number of hydrogen-bond acceptors (Lipinski definition) is 5. The van der Waals surface area contributed by atoms with E-state index in [9.17, 15) is 0 Å². The van der Waals surface area contributed by atoms with E-state index in [-0.39, 0.29) is 6.10 Å². The van der Waals surface area contributed by atoms with Crippen LogP contribution in [-0.2, 0) is 11.3 Å². The monoisotopic (exact) mass is 388 g/mol. The Balaban J connectivity index is 1.43. The zero-order valence-electron chi connectivity index (χ0n) is 17.7. The Morgan fingerprint density at radius 1 is 1.29 bits per heavy atom. The second-order valence-corrected chi connectivity index (χ2v) is 7.84. The second kappa shape index (κ2) is 10.6. The van der Waals surface area contributed by atoms with E-state index in [1.807, 2.05) is 13.2 Å². The van der Waals surface area contributed by atoms with E-state index in [4.69, 9.17) is 4.74 Å². The van der Waals surface area contributed by atoms with Gasteiger partial charge in [0, 0.05) is 52.0 Å². The molecule has 0 aromatic carbocycles. The molecule has 3 heterocycles. The number of hydrogen-bond donors (Lipinski definition) is 2. The largest absolute Gasteiger partial charge is 0.375 e. The van der Waals surface area contributed by atoms with Crippen LogP contribution in [0, 0.1) is 0 Å². The van der Waals surface area contributed by atoms with Crippen LogP contribution >= 0.6 is 0 Å². The predicted octanol–water partition coefficient (Wildman–Crippen LogP) is 1.85. The lowest BCUT2D eigenvalue weighted by Crippen LogP contribution is -2.48. The molecule has 7 heteroatoms. The molecule has 0 radical (unpaired) electrons. The van der Waals surface area contributed by atoms with Crippen molar-refractivity contribution >= 4 is 11.8 Å². The third-order valence-electron chi connectivity index (χ3n) is 5.53. The maximum atomic E-state index is 5.61. The summed E-state index contributed by atoms with van der Waals surface area (Å²) in [4.78, 5) is 13.9. The Morgan fingerprint density at radius 2 is 2.11 bits per heavy atom. The average Bonchev–Trinajstić information content (AvgIpc) is 2.73. The number of likely N-dealkylation sites (tertiary alicyclic amines) is 1. The van der Waals surface area contributed by atoms with Gasteiger partial charge in [-0.3, -0.25) is 4.99 Å². The third-order valence-corrected chi connectivity index (χ3v) is 5.53. The minimum Gasteiger partial charge on any atom is -0.375 e. The fraction of sp³-hybridized carbons (Fsp3) is 0.714. The molecule has 2 saturated heterocycles. The summed E-state index contributed by atoms with van der Waals surface area (Å²) in [5.41, 5.74) is 1.16. The Kier molecular flexibility index (Phi) is 7.91. The number of pyridine rings is 1. The number of anilines is 1. The van der Waals surface area contributed by atoms with Crippen molar-refractivity contribution in [1.82, 2.24) is 20.5 Å². The van der Waals surface area contributed by atoms with Crippen molar-refractivity contribution in [2.45, 2.75) is 51.8 Å². The van der Waals surface area contributed by atoms with Gasteiger partial charge >= 0.3 is 0 Å². The van der Waals surface area contributed by atoms with Gasteiger partial charge in [0.2, 0.25) is 0 Å². The van der Waals surface area contributed by atoms with Crippen LogP contribution in [0.15, 0.2) is 23.3 Å². The first-order chi connectivity index (χ1) is 13.7. The topological polar surface area (TPSA) is 65.0 Å². The van der Waals surface area contributed by atoms with Crippen molar-refractivity contribution in [3.05, 3.63) is 23.9 Å². The molecule has 2 N–H and O–H groups in total. The van der Waals surface area contributed by atoms with Gasteiger partial charge in [-0.05, 0) is 44.4 Å². The summed E-state index contributed by atoms with van der Waals surface area (Å²) in [5, 5.41) is 7.00. The minimum atomic E-state index is 0.264. The van der Waals surface area contributed by atoms with Crippen LogP contribution in [0.3, 0.4) is 0 Å². The molecule has 2 aliphatic rings. The standard InChI is InChI=1S/C21H36N6O/c1-4-9-26-10-7-19(8-11-26)25-21(22-3)24-15-18-5-6-20(23-14-18)27-12-13-28-17(2)16-27/h5-6,14,17,19H,4,7-13,15-16H2,1-3H3,(H2,22,24,25). The van der Waals surface area contributed by atoms with Gasteiger partial charge in [-0.25, -0.2) is 4.98 Å². The second-order valence-electron chi connectivity index (χ2n) is 7.84.